The summed E-state index contributed by atoms with van der Waals surface area (Å²) >= 11 is 0. The van der Waals surface area contributed by atoms with E-state index in [-0.39, 0.29) is 12.4 Å². The van der Waals surface area contributed by atoms with Crippen molar-refractivity contribution < 1.29 is 17.9 Å². The van der Waals surface area contributed by atoms with Gasteiger partial charge in [-0.15, -0.1) is 5.10 Å². The first kappa shape index (κ1) is 22.1. The van der Waals surface area contributed by atoms with Crippen molar-refractivity contribution in [3.05, 3.63) is 60.4 Å². The van der Waals surface area contributed by atoms with Gasteiger partial charge in [0.05, 0.1) is 10.6 Å². The van der Waals surface area contributed by atoms with Crippen molar-refractivity contribution in [1.29, 1.82) is 0 Å². The van der Waals surface area contributed by atoms with Crippen LogP contribution in [0.3, 0.4) is 0 Å². The van der Waals surface area contributed by atoms with Crippen LogP contribution in [0.25, 0.3) is 5.69 Å². The molecule has 32 heavy (non-hydrogen) atoms. The van der Waals surface area contributed by atoms with Crippen LogP contribution in [0.5, 0.6) is 5.75 Å². The molecule has 0 atom stereocenters. The molecule has 168 valence electrons. The maximum atomic E-state index is 12.9. The molecule has 1 aromatic heterocycles. The zero-order chi connectivity index (χ0) is 22.4. The fourth-order valence-corrected chi connectivity index (χ4v) is 5.15. The van der Waals surface area contributed by atoms with Crippen molar-refractivity contribution in [2.75, 3.05) is 13.1 Å². The highest BCUT2D eigenvalue weighted by Gasteiger charge is 2.24. The summed E-state index contributed by atoms with van der Waals surface area (Å²) in [5.74, 6) is 0.0761. The fraction of sp³-hybridized carbons (Fsp3) is 0.364. The molecule has 2 aromatic carbocycles. The predicted molar refractivity (Wildman–Crippen MR) is 117 cm³/mol. The number of tetrazole rings is 1. The van der Waals surface area contributed by atoms with Gasteiger partial charge in [-0.3, -0.25) is 4.79 Å². The highest BCUT2D eigenvalue weighted by molar-refractivity contribution is 7.89. The van der Waals surface area contributed by atoms with Gasteiger partial charge in [0.1, 0.15) is 12.1 Å². The number of rotatable bonds is 7. The van der Waals surface area contributed by atoms with E-state index < -0.39 is 10.0 Å². The van der Waals surface area contributed by atoms with E-state index in [4.69, 9.17) is 4.74 Å². The second-order valence-electron chi connectivity index (χ2n) is 7.68. The molecule has 0 aliphatic carbocycles. The molecule has 1 aliphatic heterocycles. The number of hydrogen-bond acceptors (Lipinski definition) is 7. The summed E-state index contributed by atoms with van der Waals surface area (Å²) in [6, 6.07) is 13.6. The Hall–Kier alpha value is -3.11. The lowest BCUT2D eigenvalue weighted by Crippen LogP contribution is -2.31. The molecule has 10 heteroatoms. The van der Waals surface area contributed by atoms with E-state index >= 15 is 0 Å². The fourth-order valence-electron chi connectivity index (χ4n) is 3.63. The second-order valence-corrected chi connectivity index (χ2v) is 9.62. The minimum absolute atomic E-state index is 0.187. The highest BCUT2D eigenvalue weighted by atomic mass is 32.2. The van der Waals surface area contributed by atoms with Crippen LogP contribution in [0, 0.1) is 0 Å². The number of carbonyl (C=O) groups excluding carboxylic acids is 1. The van der Waals surface area contributed by atoms with E-state index in [1.807, 2.05) is 0 Å². The molecule has 1 fully saturated rings. The van der Waals surface area contributed by atoms with Crippen LogP contribution in [0.15, 0.2) is 59.8 Å². The maximum absolute atomic E-state index is 12.9. The number of aromatic nitrogens is 4. The summed E-state index contributed by atoms with van der Waals surface area (Å²) in [5.41, 5.74) is 1.64. The van der Waals surface area contributed by atoms with E-state index in [1.165, 1.54) is 11.0 Å². The van der Waals surface area contributed by atoms with Crippen molar-refractivity contribution in [3.8, 4) is 11.4 Å². The lowest BCUT2D eigenvalue weighted by Gasteiger charge is -2.20. The van der Waals surface area contributed by atoms with Crippen molar-refractivity contribution >= 4 is 16.0 Å². The molecule has 0 spiro atoms. The van der Waals surface area contributed by atoms with Gasteiger partial charge in [-0.1, -0.05) is 25.0 Å². The minimum Gasteiger partial charge on any atom is -0.427 e. The van der Waals surface area contributed by atoms with E-state index in [2.05, 4.69) is 15.5 Å². The summed E-state index contributed by atoms with van der Waals surface area (Å²) in [7, 11) is -3.47. The first-order chi connectivity index (χ1) is 15.5. The Labute approximate surface area is 187 Å². The molecule has 4 rings (SSSR count). The number of esters is 1. The Morgan fingerprint density at radius 1 is 0.938 bits per heavy atom. The molecule has 0 bridgehead atoms. The van der Waals surface area contributed by atoms with Gasteiger partial charge in [-0.25, -0.2) is 13.1 Å². The van der Waals surface area contributed by atoms with Crippen LogP contribution < -0.4 is 4.74 Å². The van der Waals surface area contributed by atoms with Gasteiger partial charge in [-0.2, -0.15) is 4.31 Å². The van der Waals surface area contributed by atoms with Crippen molar-refractivity contribution in [1.82, 2.24) is 24.5 Å². The summed E-state index contributed by atoms with van der Waals surface area (Å²) in [4.78, 5) is 12.5. The van der Waals surface area contributed by atoms with Crippen molar-refractivity contribution in [2.24, 2.45) is 0 Å². The molecule has 9 nitrogen and oxygen atoms in total. The number of ether oxygens (including phenoxy) is 1. The lowest BCUT2D eigenvalue weighted by molar-refractivity contribution is -0.134. The third kappa shape index (κ3) is 5.38. The Kier molecular flexibility index (Phi) is 6.91. The zero-order valence-corrected chi connectivity index (χ0v) is 18.4. The van der Waals surface area contributed by atoms with Gasteiger partial charge in [0.25, 0.3) is 0 Å². The second kappa shape index (κ2) is 10.0. The summed E-state index contributed by atoms with van der Waals surface area (Å²) < 4.78 is 34.2. The molecule has 1 saturated heterocycles. The molecule has 1 aliphatic rings. The predicted octanol–water partition coefficient (Wildman–Crippen LogP) is 2.77. The van der Waals surface area contributed by atoms with Crippen molar-refractivity contribution in [3.63, 3.8) is 0 Å². The van der Waals surface area contributed by atoms with Crippen LogP contribution in [-0.2, 0) is 21.2 Å². The van der Waals surface area contributed by atoms with Crippen LogP contribution in [0.4, 0.5) is 0 Å². The SMILES string of the molecule is O=C(CCc1ccc(S(=O)(=O)N2CCCCCC2)cc1)Oc1ccc(-n2cnnn2)cc1. The first-order valence-corrected chi connectivity index (χ1v) is 12.1. The monoisotopic (exact) mass is 455 g/mol. The third-order valence-electron chi connectivity index (χ3n) is 5.43. The number of hydrogen-bond donors (Lipinski definition) is 0. The van der Waals surface area contributed by atoms with Gasteiger partial charge in [-0.05, 0) is 71.7 Å². The molecule has 0 N–H and O–H groups in total. The van der Waals surface area contributed by atoms with Gasteiger partial charge >= 0.3 is 5.97 Å². The summed E-state index contributed by atoms with van der Waals surface area (Å²) in [5, 5.41) is 11.0. The van der Waals surface area contributed by atoms with Gasteiger partial charge in [0.15, 0.2) is 0 Å². The topological polar surface area (TPSA) is 107 Å². The zero-order valence-electron chi connectivity index (χ0n) is 17.6. The molecule has 3 aromatic rings. The smallest absolute Gasteiger partial charge is 0.311 e. The average molecular weight is 456 g/mol. The molecule has 0 unspecified atom stereocenters. The Bertz CT molecular complexity index is 1120. The number of benzene rings is 2. The van der Waals surface area contributed by atoms with Crippen LogP contribution in [-0.4, -0.2) is 52.0 Å². The number of nitrogens with zero attached hydrogens (tertiary/aromatic N) is 5. The summed E-state index contributed by atoms with van der Waals surface area (Å²) in [6.07, 6.45) is 6.08. The van der Waals surface area contributed by atoms with E-state index in [0.717, 1.165) is 36.9 Å². The molecule has 0 radical (unpaired) electrons. The maximum Gasteiger partial charge on any atom is 0.311 e. The largest absolute Gasteiger partial charge is 0.427 e. The quantitative estimate of drug-likeness (QED) is 0.398. The normalized spacial score (nSPS) is 15.2. The number of carbonyl (C=O) groups is 1. The number of aryl methyl sites for hydroxylation is 1. The van der Waals surface area contributed by atoms with Crippen molar-refractivity contribution in [2.45, 2.75) is 43.4 Å². The van der Waals surface area contributed by atoms with Crippen LogP contribution in [0.1, 0.15) is 37.7 Å². The Balaban J connectivity index is 1.30. The van der Waals surface area contributed by atoms with Gasteiger partial charge < -0.3 is 4.74 Å². The molecular formula is C22H25N5O4S. The summed E-state index contributed by atoms with van der Waals surface area (Å²) in [6.45, 7) is 1.15. The molecule has 2 heterocycles. The average Bonchev–Trinajstić information content (AvgIpc) is 3.20. The van der Waals surface area contributed by atoms with E-state index in [0.29, 0.717) is 30.2 Å². The van der Waals surface area contributed by atoms with Gasteiger partial charge in [0.2, 0.25) is 10.0 Å². The Morgan fingerprint density at radius 3 is 2.25 bits per heavy atom. The van der Waals surface area contributed by atoms with Gasteiger partial charge in [0, 0.05) is 19.5 Å². The molecular weight excluding hydrogens is 430 g/mol. The van der Waals surface area contributed by atoms with Crippen LogP contribution in [0.2, 0.25) is 0 Å². The molecule has 0 amide bonds. The standard InChI is InChI=1S/C22H25N5O4S/c28-22(31-20-10-8-19(9-11-20)27-17-23-24-25-27)14-7-18-5-12-21(13-6-18)32(29,30)26-15-3-1-2-4-16-26/h5-6,8-13,17H,1-4,7,14-16H2. The number of sulfonamides is 1. The minimum atomic E-state index is -3.47. The van der Waals surface area contributed by atoms with E-state index in [1.54, 1.807) is 52.8 Å². The van der Waals surface area contributed by atoms with Crippen LogP contribution >= 0.6 is 0 Å². The molecule has 0 saturated carbocycles. The highest BCUT2D eigenvalue weighted by Crippen LogP contribution is 2.21. The van der Waals surface area contributed by atoms with E-state index in [9.17, 15) is 13.2 Å². The Morgan fingerprint density at radius 2 is 1.62 bits per heavy atom. The lowest BCUT2D eigenvalue weighted by atomic mass is 10.1. The third-order valence-corrected chi connectivity index (χ3v) is 7.34. The first-order valence-electron chi connectivity index (χ1n) is 10.7.